The molecule has 1 saturated carbocycles. The maximum atomic E-state index is 10.5. The highest BCUT2D eigenvalue weighted by molar-refractivity contribution is 5.89. The highest BCUT2D eigenvalue weighted by atomic mass is 16.7. The van der Waals surface area contributed by atoms with Crippen LogP contribution in [-0.2, 0) is 9.47 Å². The Hall–Kier alpha value is -3.28. The average Bonchev–Trinajstić information content (AvgIpc) is 3.01. The van der Waals surface area contributed by atoms with E-state index in [1.165, 1.54) is 14.2 Å². The van der Waals surface area contributed by atoms with Crippen LogP contribution in [-0.4, -0.2) is 25.9 Å². The Morgan fingerprint density at radius 1 is 1.03 bits per heavy atom. The first-order chi connectivity index (χ1) is 15.6. The van der Waals surface area contributed by atoms with Crippen molar-refractivity contribution >= 4 is 5.90 Å². The van der Waals surface area contributed by atoms with Gasteiger partial charge in [0.25, 0.3) is 0 Å². The van der Waals surface area contributed by atoms with Crippen molar-refractivity contribution in [3.8, 4) is 29.7 Å². The Kier molecular flexibility index (Phi) is 5.11. The summed E-state index contributed by atoms with van der Waals surface area (Å²) < 4.78 is 23.3. The van der Waals surface area contributed by atoms with Gasteiger partial charge in [0, 0.05) is 12.5 Å². The van der Waals surface area contributed by atoms with Crippen LogP contribution in [0.1, 0.15) is 51.7 Å². The predicted molar refractivity (Wildman–Crippen MR) is 117 cm³/mol. The number of nitrogens with one attached hydrogen (secondary N) is 1. The topological polar surface area (TPSA) is 132 Å². The fourth-order valence-electron chi connectivity index (χ4n) is 5.91. The largest absolute Gasteiger partial charge is 0.497 e. The van der Waals surface area contributed by atoms with Crippen molar-refractivity contribution in [3.05, 3.63) is 23.8 Å². The first kappa shape index (κ1) is 22.9. The summed E-state index contributed by atoms with van der Waals surface area (Å²) in [5.74, 6) is -1.06. The maximum Gasteiger partial charge on any atom is 0.217 e. The molecule has 172 valence electrons. The van der Waals surface area contributed by atoms with Crippen LogP contribution in [0.3, 0.4) is 0 Å². The molecule has 0 spiro atoms. The molecule has 1 aromatic rings. The van der Waals surface area contributed by atoms with Gasteiger partial charge in [-0.2, -0.15) is 15.8 Å². The van der Waals surface area contributed by atoms with Crippen LogP contribution in [0.2, 0.25) is 0 Å². The van der Waals surface area contributed by atoms with Crippen molar-refractivity contribution in [2.24, 2.45) is 28.1 Å². The molecule has 33 heavy (non-hydrogen) atoms. The molecule has 3 fully saturated rings. The third-order valence-electron chi connectivity index (χ3n) is 7.81. The lowest BCUT2D eigenvalue weighted by Gasteiger charge is -2.54. The van der Waals surface area contributed by atoms with Gasteiger partial charge in [0.15, 0.2) is 5.41 Å². The van der Waals surface area contributed by atoms with Gasteiger partial charge in [-0.1, -0.05) is 20.8 Å². The fraction of sp³-hybridized carbons (Fsp3) is 0.600. The van der Waals surface area contributed by atoms with Crippen LogP contribution in [0.25, 0.3) is 0 Å². The molecule has 0 aromatic heterocycles. The van der Waals surface area contributed by atoms with E-state index in [2.05, 4.69) is 39.0 Å². The first-order valence-corrected chi connectivity index (χ1v) is 11.0. The number of methoxy groups -OCH3 is 2. The smallest absolute Gasteiger partial charge is 0.217 e. The third-order valence-corrected chi connectivity index (χ3v) is 7.81. The summed E-state index contributed by atoms with van der Waals surface area (Å²) in [6.45, 7) is 6.42. The molecule has 2 saturated heterocycles. The molecule has 4 rings (SSSR count). The monoisotopic (exact) mass is 448 g/mol. The molecule has 0 amide bonds. The number of hydrogen-bond acceptors (Lipinski definition) is 8. The van der Waals surface area contributed by atoms with E-state index in [4.69, 9.17) is 24.4 Å². The van der Waals surface area contributed by atoms with Crippen molar-refractivity contribution in [1.29, 1.82) is 21.2 Å². The predicted octanol–water partition coefficient (Wildman–Crippen LogP) is 4.48. The van der Waals surface area contributed by atoms with E-state index in [1.807, 2.05) is 0 Å². The van der Waals surface area contributed by atoms with Crippen molar-refractivity contribution < 1.29 is 18.9 Å². The number of ether oxygens (including phenoxy) is 4. The summed E-state index contributed by atoms with van der Waals surface area (Å²) >= 11 is 0. The van der Waals surface area contributed by atoms with Gasteiger partial charge in [-0.05, 0) is 41.9 Å². The molecule has 8 heteroatoms. The average molecular weight is 449 g/mol. The Labute approximate surface area is 194 Å². The van der Waals surface area contributed by atoms with Gasteiger partial charge in [-0.25, -0.2) is 0 Å². The summed E-state index contributed by atoms with van der Waals surface area (Å²) in [4.78, 5) is 0. The number of rotatable bonds is 3. The molecule has 5 unspecified atom stereocenters. The minimum absolute atomic E-state index is 0.0428. The van der Waals surface area contributed by atoms with Crippen LogP contribution < -0.4 is 9.47 Å². The van der Waals surface area contributed by atoms with Gasteiger partial charge < -0.3 is 18.9 Å². The zero-order valence-electron chi connectivity index (χ0n) is 19.6. The summed E-state index contributed by atoms with van der Waals surface area (Å²) in [6, 6.07) is 11.5. The summed E-state index contributed by atoms with van der Waals surface area (Å²) in [5.41, 5.74) is -3.35. The van der Waals surface area contributed by atoms with Crippen LogP contribution in [0, 0.1) is 67.5 Å². The Morgan fingerprint density at radius 2 is 1.64 bits per heavy atom. The Balaban J connectivity index is 1.95. The molecule has 8 nitrogen and oxygen atoms in total. The molecule has 1 aromatic carbocycles. The molecule has 2 aliphatic heterocycles. The number of nitriles is 3. The molecule has 2 heterocycles. The molecular weight excluding hydrogens is 420 g/mol. The first-order valence-electron chi connectivity index (χ1n) is 11.0. The molecular formula is C25H28N4O4. The molecule has 1 N–H and O–H groups in total. The second-order valence-corrected chi connectivity index (χ2v) is 10.2. The van der Waals surface area contributed by atoms with Gasteiger partial charge in [-0.15, -0.1) is 0 Å². The second-order valence-electron chi connectivity index (χ2n) is 10.2. The van der Waals surface area contributed by atoms with E-state index in [-0.39, 0.29) is 17.2 Å². The lowest BCUT2D eigenvalue weighted by atomic mass is 9.49. The molecule has 1 aliphatic carbocycles. The Bertz CT molecular complexity index is 1080. The number of nitrogens with zero attached hydrogens (tertiary/aromatic N) is 3. The van der Waals surface area contributed by atoms with Gasteiger partial charge >= 0.3 is 0 Å². The molecule has 5 atom stereocenters. The van der Waals surface area contributed by atoms with E-state index in [0.29, 0.717) is 29.9 Å². The summed E-state index contributed by atoms with van der Waals surface area (Å²) in [6.07, 6.45) is 0.644. The number of hydrogen-bond donors (Lipinski definition) is 1. The van der Waals surface area contributed by atoms with Gasteiger partial charge in [0.05, 0.1) is 38.3 Å². The minimum atomic E-state index is -2.00. The molecule has 0 radical (unpaired) electrons. The van der Waals surface area contributed by atoms with Crippen LogP contribution in [0.15, 0.2) is 18.2 Å². The SMILES string of the molecule is COc1cc(OC)cc(C2OC34CCC(C(C)(C)C)CC3C(C#N)(C(=N)O4)C2(C#N)C#N)c1. The number of benzene rings is 1. The Morgan fingerprint density at radius 3 is 2.12 bits per heavy atom. The highest BCUT2D eigenvalue weighted by Crippen LogP contribution is 2.70. The van der Waals surface area contributed by atoms with Crippen LogP contribution in [0.5, 0.6) is 11.5 Å². The van der Waals surface area contributed by atoms with E-state index < -0.39 is 28.6 Å². The summed E-state index contributed by atoms with van der Waals surface area (Å²) in [5, 5.41) is 40.2. The maximum absolute atomic E-state index is 10.5. The van der Waals surface area contributed by atoms with Crippen LogP contribution >= 0.6 is 0 Å². The lowest BCUT2D eigenvalue weighted by molar-refractivity contribution is -0.301. The van der Waals surface area contributed by atoms with Gasteiger partial charge in [0.2, 0.25) is 17.1 Å². The van der Waals surface area contributed by atoms with Crippen molar-refractivity contribution in [1.82, 2.24) is 0 Å². The fourth-order valence-corrected chi connectivity index (χ4v) is 5.91. The second kappa shape index (κ2) is 7.37. The third kappa shape index (κ3) is 2.86. The standard InChI is InChI=1S/C25H28N4O4/c1-22(2,3)16-6-7-25-19(10-16)24(14-28,21(29)33-25)23(12-26,13-27)20(32-25)15-8-17(30-4)11-18(9-15)31-5/h8-9,11,16,19-20,29H,6-7,10H2,1-5H3. The van der Waals surface area contributed by atoms with Crippen LogP contribution in [0.4, 0.5) is 0 Å². The van der Waals surface area contributed by atoms with Crippen molar-refractivity contribution in [3.63, 3.8) is 0 Å². The van der Waals surface area contributed by atoms with E-state index in [0.717, 1.165) is 6.42 Å². The highest BCUT2D eigenvalue weighted by Gasteiger charge is 2.81. The lowest BCUT2D eigenvalue weighted by Crippen LogP contribution is -2.61. The van der Waals surface area contributed by atoms with E-state index in [9.17, 15) is 15.8 Å². The van der Waals surface area contributed by atoms with Gasteiger partial charge in [0.1, 0.15) is 17.6 Å². The van der Waals surface area contributed by atoms with Gasteiger partial charge in [-0.3, -0.25) is 5.41 Å². The van der Waals surface area contributed by atoms with E-state index >= 15 is 0 Å². The van der Waals surface area contributed by atoms with Crippen molar-refractivity contribution in [2.75, 3.05) is 14.2 Å². The zero-order chi connectivity index (χ0) is 24.2. The summed E-state index contributed by atoms with van der Waals surface area (Å²) in [7, 11) is 3.01. The molecule has 2 bridgehead atoms. The molecule has 3 aliphatic rings. The van der Waals surface area contributed by atoms with Crippen molar-refractivity contribution in [2.45, 2.75) is 51.9 Å². The zero-order valence-corrected chi connectivity index (χ0v) is 19.6. The normalized spacial score (nSPS) is 34.1. The van der Waals surface area contributed by atoms with E-state index in [1.54, 1.807) is 18.2 Å². The minimum Gasteiger partial charge on any atom is -0.497 e. The quantitative estimate of drug-likeness (QED) is 0.720.